The van der Waals surface area contributed by atoms with Gasteiger partial charge in [-0.2, -0.15) is 0 Å². The van der Waals surface area contributed by atoms with Crippen LogP contribution >= 0.6 is 0 Å². The van der Waals surface area contributed by atoms with Crippen LogP contribution in [0.3, 0.4) is 0 Å². The molecule has 216 valence electrons. The Labute approximate surface area is 236 Å². The first-order valence-electron chi connectivity index (χ1n) is 13.2. The minimum Gasteiger partial charge on any atom is -0.497 e. The average Bonchev–Trinajstić information content (AvgIpc) is 3.57. The summed E-state index contributed by atoms with van der Waals surface area (Å²) < 4.78 is 26.5. The number of methoxy groups -OCH3 is 2. The average molecular weight is 564 g/mol. The lowest BCUT2D eigenvalue weighted by Crippen LogP contribution is -2.43. The highest BCUT2D eigenvalue weighted by Gasteiger charge is 2.58. The third kappa shape index (κ3) is 5.41. The van der Waals surface area contributed by atoms with E-state index < -0.39 is 35.3 Å². The molecule has 1 aliphatic rings. The van der Waals surface area contributed by atoms with Crippen LogP contribution in [0, 0.1) is 6.92 Å². The van der Waals surface area contributed by atoms with E-state index in [0.717, 1.165) is 11.1 Å². The molecule has 0 saturated carbocycles. The Hall–Kier alpha value is -4.26. The van der Waals surface area contributed by atoms with Gasteiger partial charge in [-0.1, -0.05) is 42.5 Å². The minimum absolute atomic E-state index is 0.192. The van der Waals surface area contributed by atoms with Crippen molar-refractivity contribution in [1.82, 2.24) is 24.5 Å². The maximum Gasteiger partial charge on any atom is 0.330 e. The molecular weight excluding hydrogens is 530 g/mol. The Kier molecular flexibility index (Phi) is 8.06. The van der Waals surface area contributed by atoms with E-state index in [1.165, 1.54) is 10.8 Å². The van der Waals surface area contributed by atoms with Crippen molar-refractivity contribution < 1.29 is 24.1 Å². The molecule has 1 unspecified atom stereocenters. The second-order valence-corrected chi connectivity index (χ2v) is 9.92. The fourth-order valence-electron chi connectivity index (χ4n) is 5.17. The number of hydrogen-bond acceptors (Lipinski definition) is 9. The van der Waals surface area contributed by atoms with Gasteiger partial charge < -0.3 is 24.1 Å². The zero-order chi connectivity index (χ0) is 29.1. The normalized spacial score (nSPS) is 22.1. The van der Waals surface area contributed by atoms with Crippen LogP contribution in [0.15, 0.2) is 70.5 Å². The number of aliphatic hydroxyl groups is 1. The summed E-state index contributed by atoms with van der Waals surface area (Å²) in [6.07, 6.45) is 0.127. The number of nitrogens with zero attached hydrogens (tertiary/aromatic N) is 4. The summed E-state index contributed by atoms with van der Waals surface area (Å²) in [6, 6.07) is 15.1. The van der Waals surface area contributed by atoms with Crippen LogP contribution in [0.25, 0.3) is 0 Å². The standard InChI is InChI=1S/C29H33N5O7/c1-5-29(23-16-33(32-31-23)15-20-11-12-21(38-3)13-22(20)39-4)25(40-17-19-9-7-6-8-10-19)24(35)27(41-29)34-14-18(2)26(36)30-28(34)37/h6-14,16,24-25,27,35H,5,15,17H2,1-4H3,(H,30,36,37)/t24-,25?,27+,29-/m0/s1. The van der Waals surface area contributed by atoms with E-state index in [4.69, 9.17) is 18.9 Å². The molecule has 2 aromatic carbocycles. The molecule has 4 aromatic rings. The number of nitrogens with one attached hydrogen (secondary N) is 1. The highest BCUT2D eigenvalue weighted by molar-refractivity contribution is 5.40. The molecule has 41 heavy (non-hydrogen) atoms. The van der Waals surface area contributed by atoms with Gasteiger partial charge >= 0.3 is 5.69 Å². The molecule has 1 fully saturated rings. The van der Waals surface area contributed by atoms with E-state index in [9.17, 15) is 14.7 Å². The van der Waals surface area contributed by atoms with Crippen LogP contribution in [0.4, 0.5) is 0 Å². The molecule has 0 radical (unpaired) electrons. The van der Waals surface area contributed by atoms with Crippen LogP contribution in [-0.2, 0) is 28.2 Å². The van der Waals surface area contributed by atoms with Crippen LogP contribution in [0.2, 0.25) is 0 Å². The molecule has 3 heterocycles. The van der Waals surface area contributed by atoms with Crippen LogP contribution in [0.5, 0.6) is 11.5 Å². The van der Waals surface area contributed by atoms with Gasteiger partial charge in [-0.25, -0.2) is 9.48 Å². The third-order valence-corrected chi connectivity index (χ3v) is 7.41. The highest BCUT2D eigenvalue weighted by atomic mass is 16.6. The summed E-state index contributed by atoms with van der Waals surface area (Å²) >= 11 is 0. The second kappa shape index (κ2) is 11.7. The Bertz CT molecular complexity index is 1620. The Morgan fingerprint density at radius 1 is 1.10 bits per heavy atom. The quantitative estimate of drug-likeness (QED) is 0.297. The number of aromatic nitrogens is 5. The van der Waals surface area contributed by atoms with Gasteiger partial charge in [0.05, 0.1) is 33.6 Å². The molecule has 2 aromatic heterocycles. The smallest absolute Gasteiger partial charge is 0.330 e. The van der Waals surface area contributed by atoms with Crippen molar-refractivity contribution >= 4 is 0 Å². The maximum absolute atomic E-state index is 12.8. The van der Waals surface area contributed by atoms with Crippen molar-refractivity contribution in [1.29, 1.82) is 0 Å². The highest BCUT2D eigenvalue weighted by Crippen LogP contribution is 2.47. The van der Waals surface area contributed by atoms with Gasteiger partial charge in [0.2, 0.25) is 0 Å². The fourth-order valence-corrected chi connectivity index (χ4v) is 5.17. The first-order chi connectivity index (χ1) is 19.8. The molecule has 12 heteroatoms. The summed E-state index contributed by atoms with van der Waals surface area (Å²) in [4.78, 5) is 27.1. The lowest BCUT2D eigenvalue weighted by atomic mass is 9.89. The van der Waals surface area contributed by atoms with E-state index in [1.807, 2.05) is 49.4 Å². The minimum atomic E-state index is -1.27. The number of H-pyrrole nitrogens is 1. The van der Waals surface area contributed by atoms with Crippen molar-refractivity contribution in [3.63, 3.8) is 0 Å². The Morgan fingerprint density at radius 3 is 2.59 bits per heavy atom. The SMILES string of the molecule is CC[C@@]1(c2cn(Cc3ccc(OC)cc3OC)nn2)O[C@@H](n2cc(C)c(=O)[nH]c2=O)[C@@H](O)C1OCc1ccccc1. The Morgan fingerprint density at radius 2 is 1.88 bits per heavy atom. The van der Waals surface area contributed by atoms with Crippen molar-refractivity contribution in [3.05, 3.63) is 104 Å². The number of aliphatic hydroxyl groups excluding tert-OH is 1. The summed E-state index contributed by atoms with van der Waals surface area (Å²) in [5.74, 6) is 1.30. The zero-order valence-corrected chi connectivity index (χ0v) is 23.3. The summed E-state index contributed by atoms with van der Waals surface area (Å²) in [6.45, 7) is 4.00. The maximum atomic E-state index is 12.8. The van der Waals surface area contributed by atoms with Crippen molar-refractivity contribution in [2.75, 3.05) is 14.2 Å². The fraction of sp³-hybridized carbons (Fsp3) is 0.379. The molecule has 0 amide bonds. The molecule has 2 N–H and O–H groups in total. The van der Waals surface area contributed by atoms with Crippen LogP contribution in [-0.4, -0.2) is 56.1 Å². The molecule has 12 nitrogen and oxygen atoms in total. The van der Waals surface area contributed by atoms with Gasteiger partial charge in [-0.3, -0.25) is 14.3 Å². The first kappa shape index (κ1) is 28.3. The van der Waals surface area contributed by atoms with Gasteiger partial charge in [0.15, 0.2) is 6.23 Å². The van der Waals surface area contributed by atoms with E-state index in [-0.39, 0.29) is 6.61 Å². The van der Waals surface area contributed by atoms with Crippen molar-refractivity contribution in [3.8, 4) is 11.5 Å². The second-order valence-electron chi connectivity index (χ2n) is 9.92. The number of aromatic amines is 1. The zero-order valence-electron chi connectivity index (χ0n) is 23.3. The Balaban J connectivity index is 1.52. The van der Waals surface area contributed by atoms with Gasteiger partial charge in [0.25, 0.3) is 5.56 Å². The largest absolute Gasteiger partial charge is 0.497 e. The number of rotatable bonds is 10. The third-order valence-electron chi connectivity index (χ3n) is 7.41. The van der Waals surface area contributed by atoms with Crippen molar-refractivity contribution in [2.24, 2.45) is 0 Å². The lowest BCUT2D eigenvalue weighted by Gasteiger charge is -2.31. The van der Waals surface area contributed by atoms with E-state index in [0.29, 0.717) is 35.7 Å². The number of benzene rings is 2. The van der Waals surface area contributed by atoms with Crippen LogP contribution < -0.4 is 20.7 Å². The first-order valence-corrected chi connectivity index (χ1v) is 13.2. The number of ether oxygens (including phenoxy) is 4. The predicted molar refractivity (Wildman–Crippen MR) is 148 cm³/mol. The molecule has 0 bridgehead atoms. The molecule has 0 spiro atoms. The van der Waals surface area contributed by atoms with Gasteiger partial charge in [-0.05, 0) is 31.0 Å². The van der Waals surface area contributed by atoms with E-state index >= 15 is 0 Å². The van der Waals surface area contributed by atoms with Gasteiger partial charge in [-0.15, -0.1) is 5.10 Å². The topological polar surface area (TPSA) is 143 Å². The predicted octanol–water partition coefficient (Wildman–Crippen LogP) is 2.28. The lowest BCUT2D eigenvalue weighted by molar-refractivity contribution is -0.132. The summed E-state index contributed by atoms with van der Waals surface area (Å²) in [5, 5.41) is 20.3. The van der Waals surface area contributed by atoms with Gasteiger partial charge in [0.1, 0.15) is 35.0 Å². The monoisotopic (exact) mass is 563 g/mol. The molecule has 5 rings (SSSR count). The van der Waals surface area contributed by atoms with Crippen molar-refractivity contribution in [2.45, 2.75) is 57.5 Å². The molecule has 1 aliphatic heterocycles. The van der Waals surface area contributed by atoms with E-state index in [1.54, 1.807) is 38.1 Å². The molecular formula is C29H33N5O7. The molecule has 1 saturated heterocycles. The molecule has 0 aliphatic carbocycles. The summed E-state index contributed by atoms with van der Waals surface area (Å²) in [7, 11) is 3.17. The van der Waals surface area contributed by atoms with Crippen LogP contribution in [0.1, 0.15) is 42.0 Å². The number of aryl methyl sites for hydroxylation is 1. The number of hydrogen-bond donors (Lipinski definition) is 2. The summed E-state index contributed by atoms with van der Waals surface area (Å²) in [5.41, 5.74) is 0.0257. The van der Waals surface area contributed by atoms with Gasteiger partial charge in [0, 0.05) is 23.4 Å². The van der Waals surface area contributed by atoms with E-state index in [2.05, 4.69) is 15.3 Å². The molecule has 4 atom stereocenters.